The summed E-state index contributed by atoms with van der Waals surface area (Å²) in [6.45, 7) is 2.85. The van der Waals surface area contributed by atoms with Crippen LogP contribution >= 0.6 is 12.4 Å². The lowest BCUT2D eigenvalue weighted by Gasteiger charge is -2.29. The minimum atomic E-state index is 0. The quantitative estimate of drug-likeness (QED) is 0.558. The Morgan fingerprint density at radius 2 is 2.27 bits per heavy atom. The van der Waals surface area contributed by atoms with Crippen LogP contribution in [0.1, 0.15) is 12.8 Å². The van der Waals surface area contributed by atoms with E-state index in [2.05, 4.69) is 17.5 Å². The third kappa shape index (κ3) is 1.75. The van der Waals surface area contributed by atoms with Gasteiger partial charge in [0.2, 0.25) is 0 Å². The Morgan fingerprint density at radius 3 is 2.82 bits per heavy atom. The van der Waals surface area contributed by atoms with Crippen LogP contribution in [0.15, 0.2) is 12.2 Å². The van der Waals surface area contributed by atoms with Crippen molar-refractivity contribution in [2.75, 3.05) is 19.8 Å². The lowest BCUT2D eigenvalue weighted by molar-refractivity contribution is 0.167. The van der Waals surface area contributed by atoms with Gasteiger partial charge in [0.15, 0.2) is 0 Å². The van der Waals surface area contributed by atoms with Gasteiger partial charge >= 0.3 is 0 Å². The van der Waals surface area contributed by atoms with E-state index < -0.39 is 0 Å². The van der Waals surface area contributed by atoms with Gasteiger partial charge in [-0.05, 0) is 12.8 Å². The lowest BCUT2D eigenvalue weighted by Crippen LogP contribution is -2.47. The molecule has 0 aliphatic carbocycles. The normalized spacial score (nSPS) is 35.6. The third-order valence-electron chi connectivity index (χ3n) is 2.37. The molecule has 0 aromatic carbocycles. The fourth-order valence-corrected chi connectivity index (χ4v) is 1.65. The molecule has 2 aliphatic rings. The van der Waals surface area contributed by atoms with Crippen LogP contribution in [0.5, 0.6) is 0 Å². The summed E-state index contributed by atoms with van der Waals surface area (Å²) in [6, 6.07) is 0. The van der Waals surface area contributed by atoms with Gasteiger partial charge in [0.05, 0.1) is 6.61 Å². The van der Waals surface area contributed by atoms with Crippen LogP contribution in [0.25, 0.3) is 0 Å². The highest BCUT2D eigenvalue weighted by Gasteiger charge is 2.33. The molecular formula is C8H14ClNO. The van der Waals surface area contributed by atoms with Crippen LogP contribution in [0.4, 0.5) is 0 Å². The standard InChI is InChI=1S/C8H13NO.ClH/c1-2-5-9-8(3-1)4-6-10-7-8;/h1-2,9H,3-7H2;1H. The topological polar surface area (TPSA) is 21.3 Å². The highest BCUT2D eigenvalue weighted by Crippen LogP contribution is 2.24. The van der Waals surface area contributed by atoms with Gasteiger partial charge in [-0.3, -0.25) is 0 Å². The molecule has 2 nitrogen and oxygen atoms in total. The Bertz CT molecular complexity index is 152. The Kier molecular flexibility index (Phi) is 2.93. The zero-order valence-corrected chi connectivity index (χ0v) is 7.32. The monoisotopic (exact) mass is 175 g/mol. The van der Waals surface area contributed by atoms with Crippen LogP contribution in [0.2, 0.25) is 0 Å². The van der Waals surface area contributed by atoms with Crippen molar-refractivity contribution in [2.45, 2.75) is 18.4 Å². The van der Waals surface area contributed by atoms with Gasteiger partial charge in [-0.25, -0.2) is 0 Å². The molecule has 2 heterocycles. The minimum Gasteiger partial charge on any atom is -0.379 e. The van der Waals surface area contributed by atoms with Crippen LogP contribution in [0.3, 0.4) is 0 Å². The SMILES string of the molecule is C1=CCC2(CCOC2)NC1.Cl. The summed E-state index contributed by atoms with van der Waals surface area (Å²) in [7, 11) is 0. The van der Waals surface area contributed by atoms with Crippen molar-refractivity contribution < 1.29 is 4.74 Å². The first-order valence-electron chi connectivity index (χ1n) is 3.89. The second-order valence-electron chi connectivity index (χ2n) is 3.14. The molecule has 0 saturated carbocycles. The van der Waals surface area contributed by atoms with E-state index in [1.54, 1.807) is 0 Å². The van der Waals surface area contributed by atoms with E-state index in [1.807, 2.05) is 0 Å². The van der Waals surface area contributed by atoms with Crippen LogP contribution in [-0.2, 0) is 4.74 Å². The van der Waals surface area contributed by atoms with Crippen LogP contribution in [0, 0.1) is 0 Å². The van der Waals surface area contributed by atoms with E-state index in [1.165, 1.54) is 6.42 Å². The van der Waals surface area contributed by atoms with E-state index >= 15 is 0 Å². The second kappa shape index (κ2) is 3.57. The molecule has 2 aliphatic heterocycles. The molecule has 1 fully saturated rings. The second-order valence-corrected chi connectivity index (χ2v) is 3.14. The Morgan fingerprint density at radius 1 is 1.36 bits per heavy atom. The summed E-state index contributed by atoms with van der Waals surface area (Å²) in [6.07, 6.45) is 6.76. The highest BCUT2D eigenvalue weighted by atomic mass is 35.5. The number of nitrogens with one attached hydrogen (secondary N) is 1. The number of hydrogen-bond donors (Lipinski definition) is 1. The maximum atomic E-state index is 5.34. The van der Waals surface area contributed by atoms with Crippen LogP contribution < -0.4 is 5.32 Å². The Hall–Kier alpha value is -0.0500. The van der Waals surface area contributed by atoms with E-state index in [0.717, 1.165) is 26.2 Å². The van der Waals surface area contributed by atoms with Gasteiger partial charge in [0.25, 0.3) is 0 Å². The molecular weight excluding hydrogens is 162 g/mol. The Balaban J connectivity index is 0.000000605. The molecule has 0 amide bonds. The summed E-state index contributed by atoms with van der Waals surface area (Å²) < 4.78 is 5.34. The molecule has 2 rings (SSSR count). The van der Waals surface area contributed by atoms with E-state index in [9.17, 15) is 0 Å². The maximum Gasteiger partial charge on any atom is 0.0652 e. The van der Waals surface area contributed by atoms with Crippen molar-refractivity contribution in [1.29, 1.82) is 0 Å². The molecule has 3 heteroatoms. The van der Waals surface area contributed by atoms with Crippen molar-refractivity contribution in [3.05, 3.63) is 12.2 Å². The molecule has 64 valence electrons. The summed E-state index contributed by atoms with van der Waals surface area (Å²) in [4.78, 5) is 0. The van der Waals surface area contributed by atoms with Crippen molar-refractivity contribution in [3.63, 3.8) is 0 Å². The molecule has 11 heavy (non-hydrogen) atoms. The van der Waals surface area contributed by atoms with Crippen molar-refractivity contribution >= 4 is 12.4 Å². The number of rotatable bonds is 0. The largest absolute Gasteiger partial charge is 0.379 e. The van der Waals surface area contributed by atoms with E-state index in [0.29, 0.717) is 5.54 Å². The van der Waals surface area contributed by atoms with Crippen molar-refractivity contribution in [1.82, 2.24) is 5.32 Å². The third-order valence-corrected chi connectivity index (χ3v) is 2.37. The lowest BCUT2D eigenvalue weighted by atomic mass is 9.92. The predicted molar refractivity (Wildman–Crippen MR) is 47.2 cm³/mol. The van der Waals surface area contributed by atoms with Crippen LogP contribution in [-0.4, -0.2) is 25.3 Å². The molecule has 0 aromatic heterocycles. The number of ether oxygens (including phenoxy) is 1. The summed E-state index contributed by atoms with van der Waals surface area (Å²) in [5.74, 6) is 0. The van der Waals surface area contributed by atoms with Crippen molar-refractivity contribution in [2.24, 2.45) is 0 Å². The van der Waals surface area contributed by atoms with Gasteiger partial charge in [0.1, 0.15) is 0 Å². The van der Waals surface area contributed by atoms with E-state index in [4.69, 9.17) is 4.74 Å². The average molecular weight is 176 g/mol. The summed E-state index contributed by atoms with van der Waals surface area (Å²) in [5.41, 5.74) is 0.314. The predicted octanol–water partition coefficient (Wildman–Crippen LogP) is 1.12. The van der Waals surface area contributed by atoms with Crippen molar-refractivity contribution in [3.8, 4) is 0 Å². The number of hydrogen-bond acceptors (Lipinski definition) is 2. The first-order valence-corrected chi connectivity index (χ1v) is 3.89. The molecule has 1 atom stereocenters. The first kappa shape index (κ1) is 9.04. The zero-order chi connectivity index (χ0) is 6.86. The van der Waals surface area contributed by atoms with Gasteiger partial charge in [-0.2, -0.15) is 0 Å². The Labute approximate surface area is 73.4 Å². The maximum absolute atomic E-state index is 5.34. The molecule has 1 unspecified atom stereocenters. The summed E-state index contributed by atoms with van der Waals surface area (Å²) >= 11 is 0. The first-order chi connectivity index (χ1) is 4.91. The smallest absolute Gasteiger partial charge is 0.0652 e. The fourth-order valence-electron chi connectivity index (χ4n) is 1.65. The molecule has 0 bridgehead atoms. The fraction of sp³-hybridized carbons (Fsp3) is 0.750. The molecule has 0 radical (unpaired) electrons. The molecule has 0 aromatic rings. The molecule has 1 N–H and O–H groups in total. The minimum absolute atomic E-state index is 0. The highest BCUT2D eigenvalue weighted by molar-refractivity contribution is 5.85. The number of halogens is 1. The summed E-state index contributed by atoms with van der Waals surface area (Å²) in [5, 5.41) is 3.48. The van der Waals surface area contributed by atoms with Gasteiger partial charge in [0, 0.05) is 18.7 Å². The van der Waals surface area contributed by atoms with Gasteiger partial charge in [-0.15, -0.1) is 12.4 Å². The average Bonchev–Trinajstić information content (AvgIpc) is 2.39. The zero-order valence-electron chi connectivity index (χ0n) is 6.51. The van der Waals surface area contributed by atoms with E-state index in [-0.39, 0.29) is 12.4 Å². The molecule has 1 spiro atoms. The van der Waals surface area contributed by atoms with Gasteiger partial charge < -0.3 is 10.1 Å². The van der Waals surface area contributed by atoms with Gasteiger partial charge in [-0.1, -0.05) is 12.2 Å². The molecule has 1 saturated heterocycles.